The number of hydrogen-bond acceptors (Lipinski definition) is 5. The molecular formula is C22H37N3O3. The number of nitrogens with zero attached hydrogens (tertiary/aromatic N) is 3. The largest absolute Gasteiger partial charge is 0.444 e. The third kappa shape index (κ3) is 9.02. The summed E-state index contributed by atoms with van der Waals surface area (Å²) in [6.07, 6.45) is 0.563. The van der Waals surface area contributed by atoms with Gasteiger partial charge < -0.3 is 14.2 Å². The highest BCUT2D eigenvalue weighted by atomic mass is 16.6. The first kappa shape index (κ1) is 25.6. The predicted octanol–water partition coefficient (Wildman–Crippen LogP) is 6.24. The van der Waals surface area contributed by atoms with Gasteiger partial charge in [0.25, 0.3) is 0 Å². The van der Waals surface area contributed by atoms with E-state index in [1.807, 2.05) is 79.7 Å². The number of rotatable bonds is 5. The highest BCUT2D eigenvalue weighted by molar-refractivity contribution is 5.68. The molecule has 1 heterocycles. The van der Waals surface area contributed by atoms with Gasteiger partial charge >= 0.3 is 6.09 Å². The monoisotopic (exact) mass is 391 g/mol. The summed E-state index contributed by atoms with van der Waals surface area (Å²) in [5.41, 5.74) is 1.35. The van der Waals surface area contributed by atoms with Gasteiger partial charge in [0.05, 0.1) is 0 Å². The number of benzene rings is 1. The maximum atomic E-state index is 12.4. The molecule has 6 nitrogen and oxygen atoms in total. The van der Waals surface area contributed by atoms with Gasteiger partial charge in [-0.25, -0.2) is 4.79 Å². The van der Waals surface area contributed by atoms with E-state index in [1.165, 1.54) is 0 Å². The lowest BCUT2D eigenvalue weighted by molar-refractivity contribution is 0.0233. The van der Waals surface area contributed by atoms with E-state index >= 15 is 0 Å². The van der Waals surface area contributed by atoms with Crippen LogP contribution in [0, 0.1) is 6.92 Å². The molecule has 0 bridgehead atoms. The first-order valence-electron chi connectivity index (χ1n) is 10.2. The standard InChI is InChI=1S/C18H25N3O3.2C2H6/c1-6-10-21(17(22)23-18(3,4)5)12-14-8-7-9-15(11-14)16-19-13(2)24-20-16;2*1-2/h7-9,11H,6,10,12H2,1-5H3;2*1-2H3. The van der Waals surface area contributed by atoms with Crippen molar-refractivity contribution in [3.63, 3.8) is 0 Å². The first-order chi connectivity index (χ1) is 13.3. The van der Waals surface area contributed by atoms with Crippen LogP contribution in [0.5, 0.6) is 0 Å². The molecule has 0 spiro atoms. The summed E-state index contributed by atoms with van der Waals surface area (Å²) >= 11 is 0. The lowest BCUT2D eigenvalue weighted by Gasteiger charge is -2.27. The Morgan fingerprint density at radius 3 is 2.32 bits per heavy atom. The van der Waals surface area contributed by atoms with Crippen LogP contribution in [0.3, 0.4) is 0 Å². The Labute approximate surface area is 170 Å². The van der Waals surface area contributed by atoms with E-state index in [0.717, 1.165) is 17.5 Å². The highest BCUT2D eigenvalue weighted by Crippen LogP contribution is 2.19. The molecular weight excluding hydrogens is 354 g/mol. The molecule has 2 rings (SSSR count). The summed E-state index contributed by atoms with van der Waals surface area (Å²) in [6, 6.07) is 7.79. The molecule has 1 aromatic heterocycles. The van der Waals surface area contributed by atoms with Gasteiger partial charge in [-0.2, -0.15) is 4.98 Å². The molecule has 0 radical (unpaired) electrons. The van der Waals surface area contributed by atoms with Gasteiger partial charge in [0, 0.05) is 25.6 Å². The summed E-state index contributed by atoms with van der Waals surface area (Å²) in [5, 5.41) is 3.93. The Morgan fingerprint density at radius 2 is 1.82 bits per heavy atom. The number of hydrogen-bond donors (Lipinski definition) is 0. The van der Waals surface area contributed by atoms with Crippen LogP contribution in [0.1, 0.15) is 73.3 Å². The summed E-state index contributed by atoms with van der Waals surface area (Å²) in [6.45, 7) is 18.5. The van der Waals surface area contributed by atoms with E-state index < -0.39 is 5.60 Å². The molecule has 0 fully saturated rings. The van der Waals surface area contributed by atoms with Crippen molar-refractivity contribution in [3.8, 4) is 11.4 Å². The molecule has 0 N–H and O–H groups in total. The average Bonchev–Trinajstić information content (AvgIpc) is 3.10. The van der Waals surface area contributed by atoms with Gasteiger partial charge in [0.1, 0.15) is 5.60 Å². The van der Waals surface area contributed by atoms with E-state index in [-0.39, 0.29) is 6.09 Å². The van der Waals surface area contributed by atoms with Crippen molar-refractivity contribution in [1.29, 1.82) is 0 Å². The molecule has 0 saturated heterocycles. The zero-order chi connectivity index (χ0) is 21.7. The van der Waals surface area contributed by atoms with Crippen LogP contribution < -0.4 is 0 Å². The summed E-state index contributed by atoms with van der Waals surface area (Å²) in [7, 11) is 0. The SMILES string of the molecule is CC.CC.CCCN(Cc1cccc(-c2noc(C)n2)c1)C(=O)OC(C)(C)C. The minimum atomic E-state index is -0.507. The van der Waals surface area contributed by atoms with Gasteiger partial charge in [-0.1, -0.05) is 58.0 Å². The van der Waals surface area contributed by atoms with Crippen molar-refractivity contribution in [1.82, 2.24) is 15.0 Å². The Hall–Kier alpha value is -2.37. The van der Waals surface area contributed by atoms with Crippen molar-refractivity contribution in [2.45, 2.75) is 80.9 Å². The number of carbonyl (C=O) groups is 1. The molecule has 1 aromatic carbocycles. The lowest BCUT2D eigenvalue weighted by Crippen LogP contribution is -2.36. The summed E-state index contributed by atoms with van der Waals surface area (Å²) in [5.74, 6) is 1.07. The average molecular weight is 392 g/mol. The molecule has 0 aliphatic rings. The van der Waals surface area contributed by atoms with Crippen molar-refractivity contribution < 1.29 is 14.1 Å². The van der Waals surface area contributed by atoms with Crippen LogP contribution in [-0.2, 0) is 11.3 Å². The van der Waals surface area contributed by atoms with Crippen molar-refractivity contribution in [2.75, 3.05) is 6.54 Å². The zero-order valence-electron chi connectivity index (χ0n) is 19.0. The molecule has 0 saturated carbocycles. The zero-order valence-corrected chi connectivity index (χ0v) is 19.0. The van der Waals surface area contributed by atoms with Gasteiger partial charge in [-0.15, -0.1) is 0 Å². The van der Waals surface area contributed by atoms with Gasteiger partial charge in [0.2, 0.25) is 11.7 Å². The lowest BCUT2D eigenvalue weighted by atomic mass is 10.1. The number of aryl methyl sites for hydroxylation is 1. The smallest absolute Gasteiger partial charge is 0.410 e. The van der Waals surface area contributed by atoms with Gasteiger partial charge in [-0.3, -0.25) is 0 Å². The van der Waals surface area contributed by atoms with E-state index in [2.05, 4.69) is 10.1 Å². The highest BCUT2D eigenvalue weighted by Gasteiger charge is 2.22. The van der Waals surface area contributed by atoms with E-state index in [0.29, 0.717) is 24.8 Å². The molecule has 0 aliphatic carbocycles. The fourth-order valence-electron chi connectivity index (χ4n) is 2.28. The third-order valence-corrected chi connectivity index (χ3v) is 3.23. The molecule has 6 heteroatoms. The second-order valence-corrected chi connectivity index (χ2v) is 6.74. The topological polar surface area (TPSA) is 68.5 Å². The molecule has 0 aliphatic heterocycles. The van der Waals surface area contributed by atoms with Gasteiger partial charge in [0.15, 0.2) is 0 Å². The molecule has 0 atom stereocenters. The summed E-state index contributed by atoms with van der Waals surface area (Å²) < 4.78 is 10.5. The first-order valence-corrected chi connectivity index (χ1v) is 10.2. The maximum absolute atomic E-state index is 12.4. The van der Waals surface area contributed by atoms with Crippen LogP contribution in [0.4, 0.5) is 4.79 Å². The number of aromatic nitrogens is 2. The Morgan fingerprint density at radius 1 is 1.18 bits per heavy atom. The van der Waals surface area contributed by atoms with Crippen LogP contribution in [0.15, 0.2) is 28.8 Å². The van der Waals surface area contributed by atoms with Crippen LogP contribution in [0.25, 0.3) is 11.4 Å². The van der Waals surface area contributed by atoms with Crippen LogP contribution in [0.2, 0.25) is 0 Å². The Bertz CT molecular complexity index is 690. The molecule has 2 aromatic rings. The fraction of sp³-hybridized carbons (Fsp3) is 0.591. The Balaban J connectivity index is 0.00000171. The maximum Gasteiger partial charge on any atom is 0.410 e. The van der Waals surface area contributed by atoms with E-state index in [1.54, 1.807) is 11.8 Å². The molecule has 0 unspecified atom stereocenters. The minimum Gasteiger partial charge on any atom is -0.444 e. The van der Waals surface area contributed by atoms with Crippen molar-refractivity contribution in [3.05, 3.63) is 35.7 Å². The minimum absolute atomic E-state index is 0.301. The molecule has 158 valence electrons. The quantitative estimate of drug-likeness (QED) is 0.603. The Kier molecular flexibility index (Phi) is 11.8. The number of ether oxygens (including phenoxy) is 1. The van der Waals surface area contributed by atoms with Gasteiger partial charge in [-0.05, 0) is 38.8 Å². The second kappa shape index (κ2) is 12.9. The normalized spacial score (nSPS) is 10.2. The number of carbonyl (C=O) groups excluding carboxylic acids is 1. The summed E-state index contributed by atoms with van der Waals surface area (Å²) in [4.78, 5) is 18.3. The van der Waals surface area contributed by atoms with Crippen molar-refractivity contribution >= 4 is 6.09 Å². The van der Waals surface area contributed by atoms with E-state index in [9.17, 15) is 4.79 Å². The fourth-order valence-corrected chi connectivity index (χ4v) is 2.28. The van der Waals surface area contributed by atoms with E-state index in [4.69, 9.17) is 9.26 Å². The van der Waals surface area contributed by atoms with Crippen molar-refractivity contribution in [2.24, 2.45) is 0 Å². The third-order valence-electron chi connectivity index (χ3n) is 3.23. The van der Waals surface area contributed by atoms with Crippen LogP contribution >= 0.6 is 0 Å². The second-order valence-electron chi connectivity index (χ2n) is 6.74. The van der Waals surface area contributed by atoms with Crippen LogP contribution in [-0.4, -0.2) is 33.3 Å². The predicted molar refractivity (Wildman–Crippen MR) is 114 cm³/mol. The molecule has 28 heavy (non-hydrogen) atoms. The molecule has 1 amide bonds. The number of amides is 1.